The molecule has 0 aliphatic rings. The second kappa shape index (κ2) is 9.62. The fourth-order valence-corrected chi connectivity index (χ4v) is 2.77. The van der Waals surface area contributed by atoms with Crippen molar-refractivity contribution in [1.29, 1.82) is 0 Å². The highest BCUT2D eigenvalue weighted by Gasteiger charge is 2.19. The third-order valence-corrected chi connectivity index (χ3v) is 4.39. The third-order valence-electron chi connectivity index (χ3n) is 4.39. The number of hydrogen-bond acceptors (Lipinski definition) is 2. The van der Waals surface area contributed by atoms with Crippen LogP contribution in [-0.4, -0.2) is 23.5 Å². The van der Waals surface area contributed by atoms with E-state index >= 15 is 0 Å². The first-order chi connectivity index (χ1) is 12.1. The molecule has 2 aromatic rings. The Labute approximate surface area is 148 Å². The molecule has 0 aromatic heterocycles. The molecule has 4 nitrogen and oxygen atoms in total. The standard InChI is InChI=1S/C21H25NO3/c1-16(18-10-6-3-7-11-18)12-13-20(23)22-15-19(21(24)25)14-17-8-4-2-5-9-17/h2-11,16,19H,12-15H2,1H3,(H,22,23)(H,24,25). The minimum Gasteiger partial charge on any atom is -0.481 e. The smallest absolute Gasteiger partial charge is 0.308 e. The minimum atomic E-state index is -0.887. The maximum absolute atomic E-state index is 12.1. The normalized spacial score (nSPS) is 13.0. The van der Waals surface area contributed by atoms with Crippen molar-refractivity contribution < 1.29 is 14.7 Å². The zero-order valence-electron chi connectivity index (χ0n) is 14.5. The lowest BCUT2D eigenvalue weighted by Gasteiger charge is -2.15. The van der Waals surface area contributed by atoms with Gasteiger partial charge in [-0.1, -0.05) is 67.6 Å². The first kappa shape index (κ1) is 18.7. The second-order valence-corrected chi connectivity index (χ2v) is 6.38. The van der Waals surface area contributed by atoms with E-state index in [1.165, 1.54) is 5.56 Å². The summed E-state index contributed by atoms with van der Waals surface area (Å²) in [5.74, 6) is -1.30. The van der Waals surface area contributed by atoms with E-state index in [1.807, 2.05) is 48.5 Å². The van der Waals surface area contributed by atoms with Crippen molar-refractivity contribution in [3.05, 3.63) is 71.8 Å². The van der Waals surface area contributed by atoms with Gasteiger partial charge >= 0.3 is 5.97 Å². The topological polar surface area (TPSA) is 66.4 Å². The van der Waals surface area contributed by atoms with E-state index in [4.69, 9.17) is 0 Å². The Hall–Kier alpha value is -2.62. The van der Waals surface area contributed by atoms with Gasteiger partial charge in [0.05, 0.1) is 5.92 Å². The lowest BCUT2D eigenvalue weighted by Crippen LogP contribution is -2.34. The fraction of sp³-hybridized carbons (Fsp3) is 0.333. The van der Waals surface area contributed by atoms with Crippen LogP contribution in [0.1, 0.15) is 36.8 Å². The average Bonchev–Trinajstić information content (AvgIpc) is 2.64. The molecule has 0 aliphatic heterocycles. The third kappa shape index (κ3) is 6.42. The van der Waals surface area contributed by atoms with Crippen molar-refractivity contribution >= 4 is 11.9 Å². The predicted molar refractivity (Wildman–Crippen MR) is 98.4 cm³/mol. The van der Waals surface area contributed by atoms with Gasteiger partial charge in [0.25, 0.3) is 0 Å². The molecule has 2 aromatic carbocycles. The Kier molecular flexibility index (Phi) is 7.20. The molecular formula is C21H25NO3. The molecule has 2 atom stereocenters. The monoisotopic (exact) mass is 339 g/mol. The van der Waals surface area contributed by atoms with Crippen LogP contribution < -0.4 is 5.32 Å². The summed E-state index contributed by atoms with van der Waals surface area (Å²) in [5, 5.41) is 12.1. The van der Waals surface area contributed by atoms with Crippen LogP contribution in [0.5, 0.6) is 0 Å². The summed E-state index contributed by atoms with van der Waals surface area (Å²) in [7, 11) is 0. The summed E-state index contributed by atoms with van der Waals surface area (Å²) in [4.78, 5) is 23.5. The molecule has 0 saturated heterocycles. The maximum atomic E-state index is 12.1. The maximum Gasteiger partial charge on any atom is 0.308 e. The lowest BCUT2D eigenvalue weighted by atomic mass is 9.96. The summed E-state index contributed by atoms with van der Waals surface area (Å²) < 4.78 is 0. The Morgan fingerprint density at radius 3 is 2.20 bits per heavy atom. The first-order valence-corrected chi connectivity index (χ1v) is 8.64. The Balaban J connectivity index is 1.78. The zero-order valence-corrected chi connectivity index (χ0v) is 14.5. The summed E-state index contributed by atoms with van der Waals surface area (Å²) >= 11 is 0. The largest absolute Gasteiger partial charge is 0.481 e. The quantitative estimate of drug-likeness (QED) is 0.733. The van der Waals surface area contributed by atoms with Crippen molar-refractivity contribution in [3.8, 4) is 0 Å². The van der Waals surface area contributed by atoms with Crippen LogP contribution in [0.3, 0.4) is 0 Å². The molecule has 132 valence electrons. The summed E-state index contributed by atoms with van der Waals surface area (Å²) in [6, 6.07) is 19.6. The Bertz CT molecular complexity index is 670. The molecule has 0 saturated carbocycles. The average molecular weight is 339 g/mol. The van der Waals surface area contributed by atoms with Crippen LogP contribution in [0, 0.1) is 5.92 Å². The Morgan fingerprint density at radius 2 is 1.60 bits per heavy atom. The van der Waals surface area contributed by atoms with E-state index in [0.717, 1.165) is 12.0 Å². The van der Waals surface area contributed by atoms with E-state index in [-0.39, 0.29) is 12.5 Å². The predicted octanol–water partition coefficient (Wildman–Crippen LogP) is 3.63. The van der Waals surface area contributed by atoms with Crippen molar-refractivity contribution in [1.82, 2.24) is 5.32 Å². The number of carboxylic acid groups (broad SMARTS) is 1. The number of aliphatic carboxylic acids is 1. The van der Waals surface area contributed by atoms with Gasteiger partial charge in [-0.2, -0.15) is 0 Å². The Morgan fingerprint density at radius 1 is 1.00 bits per heavy atom. The number of benzene rings is 2. The van der Waals surface area contributed by atoms with Crippen LogP contribution in [0.4, 0.5) is 0 Å². The van der Waals surface area contributed by atoms with E-state index in [1.54, 1.807) is 0 Å². The molecule has 0 heterocycles. The van der Waals surface area contributed by atoms with E-state index in [0.29, 0.717) is 18.8 Å². The van der Waals surface area contributed by atoms with Gasteiger partial charge in [0.15, 0.2) is 0 Å². The summed E-state index contributed by atoms with van der Waals surface area (Å²) in [6.45, 7) is 2.25. The van der Waals surface area contributed by atoms with Crippen LogP contribution in [0.25, 0.3) is 0 Å². The highest BCUT2D eigenvalue weighted by molar-refractivity contribution is 5.77. The van der Waals surface area contributed by atoms with Gasteiger partial charge < -0.3 is 10.4 Å². The van der Waals surface area contributed by atoms with Crippen LogP contribution in [0.2, 0.25) is 0 Å². The summed E-state index contributed by atoms with van der Waals surface area (Å²) in [6.07, 6.45) is 1.55. The molecule has 0 fully saturated rings. The summed E-state index contributed by atoms with van der Waals surface area (Å²) in [5.41, 5.74) is 2.17. The van der Waals surface area contributed by atoms with Crippen molar-refractivity contribution in [3.63, 3.8) is 0 Å². The van der Waals surface area contributed by atoms with E-state index in [2.05, 4.69) is 24.4 Å². The molecule has 0 bridgehead atoms. The SMILES string of the molecule is CC(CCC(=O)NCC(Cc1ccccc1)C(=O)O)c1ccccc1. The van der Waals surface area contributed by atoms with Gasteiger partial charge in [0, 0.05) is 13.0 Å². The second-order valence-electron chi connectivity index (χ2n) is 6.38. The van der Waals surface area contributed by atoms with Crippen molar-refractivity contribution in [2.75, 3.05) is 6.54 Å². The van der Waals surface area contributed by atoms with Crippen LogP contribution in [-0.2, 0) is 16.0 Å². The molecule has 2 unspecified atom stereocenters. The minimum absolute atomic E-state index is 0.0953. The van der Waals surface area contributed by atoms with E-state index in [9.17, 15) is 14.7 Å². The number of carbonyl (C=O) groups is 2. The van der Waals surface area contributed by atoms with Gasteiger partial charge in [-0.25, -0.2) is 0 Å². The zero-order chi connectivity index (χ0) is 18.1. The molecule has 1 amide bonds. The van der Waals surface area contributed by atoms with Gasteiger partial charge in [0.2, 0.25) is 5.91 Å². The molecule has 0 radical (unpaired) electrons. The number of carbonyl (C=O) groups excluding carboxylic acids is 1. The molecule has 4 heteroatoms. The van der Waals surface area contributed by atoms with Crippen LogP contribution >= 0.6 is 0 Å². The fourth-order valence-electron chi connectivity index (χ4n) is 2.77. The molecule has 2 N–H and O–H groups in total. The van der Waals surface area contributed by atoms with Crippen LogP contribution in [0.15, 0.2) is 60.7 Å². The van der Waals surface area contributed by atoms with E-state index < -0.39 is 11.9 Å². The van der Waals surface area contributed by atoms with Gasteiger partial charge in [-0.15, -0.1) is 0 Å². The number of hydrogen-bond donors (Lipinski definition) is 2. The first-order valence-electron chi connectivity index (χ1n) is 8.64. The molecule has 25 heavy (non-hydrogen) atoms. The number of carboxylic acids is 1. The molecule has 0 aliphatic carbocycles. The van der Waals surface area contributed by atoms with Crippen molar-refractivity contribution in [2.45, 2.75) is 32.1 Å². The number of rotatable bonds is 9. The van der Waals surface area contributed by atoms with Gasteiger partial charge in [-0.3, -0.25) is 9.59 Å². The number of amides is 1. The number of nitrogens with one attached hydrogen (secondary N) is 1. The van der Waals surface area contributed by atoms with Crippen molar-refractivity contribution in [2.24, 2.45) is 5.92 Å². The molecule has 2 rings (SSSR count). The van der Waals surface area contributed by atoms with Gasteiger partial charge in [0.1, 0.15) is 0 Å². The molecule has 0 spiro atoms. The lowest BCUT2D eigenvalue weighted by molar-refractivity contribution is -0.141. The highest BCUT2D eigenvalue weighted by atomic mass is 16.4. The molecular weight excluding hydrogens is 314 g/mol. The van der Waals surface area contributed by atoms with Gasteiger partial charge in [-0.05, 0) is 29.9 Å². The highest BCUT2D eigenvalue weighted by Crippen LogP contribution is 2.19.